The van der Waals surface area contributed by atoms with Gasteiger partial charge in [-0.25, -0.2) is 8.78 Å². The van der Waals surface area contributed by atoms with Crippen LogP contribution in [0.15, 0.2) is 146 Å². The molecule has 0 N–H and O–H groups in total. The minimum atomic E-state index is -0.290. The van der Waals surface area contributed by atoms with E-state index in [2.05, 4.69) is 0 Å². The highest BCUT2D eigenvalue weighted by atomic mass is 19.1. The van der Waals surface area contributed by atoms with Crippen molar-refractivity contribution in [3.8, 4) is 11.5 Å². The summed E-state index contributed by atoms with van der Waals surface area (Å²) in [7, 11) is 0. The summed E-state index contributed by atoms with van der Waals surface area (Å²) in [5.74, 6) is 0.667. The predicted molar refractivity (Wildman–Crippen MR) is 148 cm³/mol. The van der Waals surface area contributed by atoms with Gasteiger partial charge in [0.2, 0.25) is 0 Å². The Hall–Kier alpha value is -4.96. The Morgan fingerprint density at radius 2 is 0.711 bits per heavy atom. The maximum Gasteiger partial charge on any atom is 0.126 e. The molecule has 38 heavy (non-hydrogen) atoms. The fourth-order valence-corrected chi connectivity index (χ4v) is 3.95. The second-order valence-corrected chi connectivity index (χ2v) is 8.52. The number of halogens is 2. The molecule has 5 rings (SSSR count). The first-order valence-electron chi connectivity index (χ1n) is 12.1. The van der Waals surface area contributed by atoms with Crippen molar-refractivity contribution in [1.29, 1.82) is 0 Å². The van der Waals surface area contributed by atoms with E-state index in [-0.39, 0.29) is 11.6 Å². The number of rotatable bonds is 8. The van der Waals surface area contributed by atoms with Gasteiger partial charge in [0.1, 0.15) is 23.1 Å². The van der Waals surface area contributed by atoms with Gasteiger partial charge in [-0.1, -0.05) is 84.9 Å². The molecule has 0 aromatic heterocycles. The lowest BCUT2D eigenvalue weighted by Gasteiger charge is -2.11. The zero-order valence-corrected chi connectivity index (χ0v) is 20.4. The van der Waals surface area contributed by atoms with E-state index in [1.165, 1.54) is 24.3 Å². The third kappa shape index (κ3) is 6.23. The van der Waals surface area contributed by atoms with Crippen LogP contribution in [0.5, 0.6) is 11.5 Å². The van der Waals surface area contributed by atoms with E-state index in [1.807, 2.05) is 84.9 Å². The highest BCUT2D eigenvalue weighted by Crippen LogP contribution is 2.27. The van der Waals surface area contributed by atoms with Crippen LogP contribution >= 0.6 is 0 Å². The molecule has 0 bridgehead atoms. The maximum absolute atomic E-state index is 13.5. The molecule has 0 spiro atoms. The number of benzene rings is 5. The van der Waals surface area contributed by atoms with E-state index in [0.29, 0.717) is 11.5 Å². The standard InChI is InChI=1S/C34H24F2O2/c35-29-15-11-27(12-16-29)33(25-7-3-1-4-8-25)23-37-31-19-21-32(22-20-31)38-24-34(26-9-5-2-6-10-26)28-13-17-30(36)18-14-28/h1-24H/b33-23+,34-24+. The monoisotopic (exact) mass is 502 g/mol. The molecule has 0 amide bonds. The highest BCUT2D eigenvalue weighted by molar-refractivity contribution is 5.80. The lowest BCUT2D eigenvalue weighted by Crippen LogP contribution is -1.93. The summed E-state index contributed by atoms with van der Waals surface area (Å²) >= 11 is 0. The van der Waals surface area contributed by atoms with Crippen LogP contribution in [-0.2, 0) is 0 Å². The third-order valence-electron chi connectivity index (χ3n) is 5.93. The Kier molecular flexibility index (Phi) is 7.71. The van der Waals surface area contributed by atoms with Crippen LogP contribution in [0.2, 0.25) is 0 Å². The van der Waals surface area contributed by atoms with E-state index >= 15 is 0 Å². The molecule has 2 nitrogen and oxygen atoms in total. The van der Waals surface area contributed by atoms with E-state index in [0.717, 1.165) is 33.4 Å². The van der Waals surface area contributed by atoms with Crippen LogP contribution in [0.3, 0.4) is 0 Å². The zero-order chi connectivity index (χ0) is 26.2. The van der Waals surface area contributed by atoms with Gasteiger partial charge in [0.15, 0.2) is 0 Å². The average Bonchev–Trinajstić information content (AvgIpc) is 2.97. The summed E-state index contributed by atoms with van der Waals surface area (Å²) in [5.41, 5.74) is 5.27. The van der Waals surface area contributed by atoms with Gasteiger partial charge in [-0.3, -0.25) is 0 Å². The molecule has 0 aliphatic carbocycles. The van der Waals surface area contributed by atoms with Crippen LogP contribution < -0.4 is 9.47 Å². The molecule has 0 heterocycles. The summed E-state index contributed by atoms with van der Waals surface area (Å²) in [6.07, 6.45) is 3.33. The van der Waals surface area contributed by atoms with Gasteiger partial charge in [0, 0.05) is 11.1 Å². The molecule has 186 valence electrons. The Morgan fingerprint density at radius 3 is 1.05 bits per heavy atom. The van der Waals surface area contributed by atoms with E-state index in [1.54, 1.807) is 36.8 Å². The quantitative estimate of drug-likeness (QED) is 0.197. The Morgan fingerprint density at radius 1 is 0.395 bits per heavy atom. The van der Waals surface area contributed by atoms with Crippen molar-refractivity contribution in [3.05, 3.63) is 180 Å². The lowest BCUT2D eigenvalue weighted by molar-refractivity contribution is 0.470. The minimum absolute atomic E-state index is 0.290. The average molecular weight is 503 g/mol. The van der Waals surface area contributed by atoms with Gasteiger partial charge in [-0.05, 0) is 70.8 Å². The van der Waals surface area contributed by atoms with Gasteiger partial charge in [0.05, 0.1) is 12.5 Å². The maximum atomic E-state index is 13.5. The molecule has 0 fully saturated rings. The van der Waals surface area contributed by atoms with Crippen molar-refractivity contribution in [2.45, 2.75) is 0 Å². The molecule has 5 aromatic rings. The molecule has 0 aliphatic rings. The molecule has 0 radical (unpaired) electrons. The molecular weight excluding hydrogens is 478 g/mol. The fourth-order valence-electron chi connectivity index (χ4n) is 3.95. The van der Waals surface area contributed by atoms with Gasteiger partial charge >= 0.3 is 0 Å². The Labute approximate surface area is 220 Å². The third-order valence-corrected chi connectivity index (χ3v) is 5.93. The zero-order valence-electron chi connectivity index (χ0n) is 20.4. The van der Waals surface area contributed by atoms with E-state index in [9.17, 15) is 8.78 Å². The van der Waals surface area contributed by atoms with Gasteiger partial charge in [-0.2, -0.15) is 0 Å². The molecular formula is C34H24F2O2. The largest absolute Gasteiger partial charge is 0.464 e. The first-order valence-corrected chi connectivity index (χ1v) is 12.1. The van der Waals surface area contributed by atoms with Gasteiger partial charge in [0.25, 0.3) is 0 Å². The first-order chi connectivity index (χ1) is 18.7. The van der Waals surface area contributed by atoms with Crippen molar-refractivity contribution in [3.63, 3.8) is 0 Å². The van der Waals surface area contributed by atoms with Crippen molar-refractivity contribution >= 4 is 11.1 Å². The Bertz CT molecular complexity index is 1400. The van der Waals surface area contributed by atoms with Crippen molar-refractivity contribution in [1.82, 2.24) is 0 Å². The Balaban J connectivity index is 1.36. The second-order valence-electron chi connectivity index (χ2n) is 8.52. The minimum Gasteiger partial charge on any atom is -0.464 e. The number of hydrogen-bond donors (Lipinski definition) is 0. The summed E-state index contributed by atoms with van der Waals surface area (Å²) < 4.78 is 38.9. The van der Waals surface area contributed by atoms with Crippen LogP contribution in [-0.4, -0.2) is 0 Å². The molecule has 0 saturated carbocycles. The molecule has 0 atom stereocenters. The molecule has 0 saturated heterocycles. The van der Waals surface area contributed by atoms with E-state index < -0.39 is 0 Å². The topological polar surface area (TPSA) is 18.5 Å². The van der Waals surface area contributed by atoms with Crippen molar-refractivity contribution in [2.24, 2.45) is 0 Å². The highest BCUT2D eigenvalue weighted by Gasteiger charge is 2.08. The van der Waals surface area contributed by atoms with Crippen LogP contribution in [0.1, 0.15) is 22.3 Å². The predicted octanol–water partition coefficient (Wildman–Crippen LogP) is 8.90. The first kappa shape index (κ1) is 24.7. The summed E-state index contributed by atoms with van der Waals surface area (Å²) in [5, 5.41) is 0. The normalized spacial score (nSPS) is 11.7. The van der Waals surface area contributed by atoms with Gasteiger partial charge < -0.3 is 9.47 Å². The molecule has 5 aromatic carbocycles. The van der Waals surface area contributed by atoms with Crippen LogP contribution in [0, 0.1) is 11.6 Å². The number of ether oxygens (including phenoxy) is 2. The fraction of sp³-hybridized carbons (Fsp3) is 0. The van der Waals surface area contributed by atoms with Gasteiger partial charge in [-0.15, -0.1) is 0 Å². The van der Waals surface area contributed by atoms with E-state index in [4.69, 9.17) is 9.47 Å². The van der Waals surface area contributed by atoms with Crippen LogP contribution in [0.4, 0.5) is 8.78 Å². The van der Waals surface area contributed by atoms with Crippen molar-refractivity contribution < 1.29 is 18.3 Å². The summed E-state index contributed by atoms with van der Waals surface area (Å²) in [6, 6.07) is 39.5. The smallest absolute Gasteiger partial charge is 0.126 e. The summed E-state index contributed by atoms with van der Waals surface area (Å²) in [6.45, 7) is 0. The van der Waals surface area contributed by atoms with Crippen LogP contribution in [0.25, 0.3) is 11.1 Å². The SMILES string of the molecule is Fc1ccc(/C(=C/Oc2ccc(O/C=C(\c3ccccc3)c3ccc(F)cc3)cc2)c2ccccc2)cc1. The molecule has 0 unspecified atom stereocenters. The lowest BCUT2D eigenvalue weighted by atomic mass is 9.99. The molecule has 0 aliphatic heterocycles. The summed E-state index contributed by atoms with van der Waals surface area (Å²) in [4.78, 5) is 0. The van der Waals surface area contributed by atoms with Crippen molar-refractivity contribution in [2.75, 3.05) is 0 Å². The number of hydrogen-bond acceptors (Lipinski definition) is 2. The molecule has 4 heteroatoms. The second kappa shape index (κ2) is 11.8.